The summed E-state index contributed by atoms with van der Waals surface area (Å²) in [6.45, 7) is -0.550. The Morgan fingerprint density at radius 2 is 2.06 bits per heavy atom. The molecule has 1 atom stereocenters. The fourth-order valence-corrected chi connectivity index (χ4v) is 1.29. The Labute approximate surface area is 101 Å². The van der Waals surface area contributed by atoms with Crippen molar-refractivity contribution < 1.29 is 28.2 Å². The molecule has 1 aromatic rings. The van der Waals surface area contributed by atoms with Crippen LogP contribution in [-0.2, 0) is 6.54 Å². The largest absolute Gasteiger partial charge is 0.478 e. The third kappa shape index (κ3) is 4.01. The maximum Gasteiger partial charge on any atom is 0.335 e. The zero-order valence-corrected chi connectivity index (χ0v) is 9.24. The average molecular weight is 263 g/mol. The van der Waals surface area contributed by atoms with Crippen molar-refractivity contribution in [1.82, 2.24) is 5.32 Å². The summed E-state index contributed by atoms with van der Waals surface area (Å²) in [7, 11) is 0. The lowest BCUT2D eigenvalue weighted by molar-refractivity contribution is -0.00343. The molecule has 0 saturated heterocycles. The van der Waals surface area contributed by atoms with E-state index in [1.807, 2.05) is 0 Å². The van der Waals surface area contributed by atoms with Gasteiger partial charge >= 0.3 is 5.97 Å². The molecule has 3 N–H and O–H groups in total. The number of nitrogens with one attached hydrogen (secondary N) is 1. The van der Waals surface area contributed by atoms with E-state index in [1.54, 1.807) is 0 Å². The fourth-order valence-electron chi connectivity index (χ4n) is 1.29. The fraction of sp³-hybridized carbons (Fsp3) is 0.364. The van der Waals surface area contributed by atoms with Gasteiger partial charge in [-0.15, -0.1) is 0 Å². The molecule has 7 heteroatoms. The minimum absolute atomic E-state index is 0.0383. The molecule has 0 aromatic heterocycles. The van der Waals surface area contributed by atoms with Gasteiger partial charge in [0.15, 0.2) is 0 Å². The number of carboxylic acids is 1. The zero-order chi connectivity index (χ0) is 13.7. The van der Waals surface area contributed by atoms with E-state index < -0.39 is 30.9 Å². The second kappa shape index (κ2) is 6.36. The van der Waals surface area contributed by atoms with Gasteiger partial charge in [-0.25, -0.2) is 18.0 Å². The van der Waals surface area contributed by atoms with E-state index in [4.69, 9.17) is 10.2 Å². The molecule has 0 saturated carbocycles. The van der Waals surface area contributed by atoms with Crippen molar-refractivity contribution in [1.29, 1.82) is 0 Å². The first-order chi connectivity index (χ1) is 8.41. The van der Waals surface area contributed by atoms with E-state index in [0.29, 0.717) is 0 Å². The van der Waals surface area contributed by atoms with Crippen LogP contribution in [0.4, 0.5) is 13.2 Å². The van der Waals surface area contributed by atoms with E-state index in [-0.39, 0.29) is 17.7 Å². The highest BCUT2D eigenvalue weighted by Crippen LogP contribution is 2.11. The number of hydrogen-bond acceptors (Lipinski definition) is 3. The van der Waals surface area contributed by atoms with Gasteiger partial charge in [0, 0.05) is 18.7 Å². The molecule has 0 radical (unpaired) electrons. The standard InChI is InChI=1S/C11H12F3NO3/c12-8-2-1-6(11(17)18)3-7(8)4-15-5-9(16)10(13)14/h1-3,9-10,15-16H,4-5H2,(H,17,18). The minimum Gasteiger partial charge on any atom is -0.478 e. The Hall–Kier alpha value is -1.60. The lowest BCUT2D eigenvalue weighted by atomic mass is 10.1. The molecule has 0 aliphatic carbocycles. The molecule has 100 valence electrons. The number of benzene rings is 1. The summed E-state index contributed by atoms with van der Waals surface area (Å²) < 4.78 is 37.2. The van der Waals surface area contributed by atoms with Crippen LogP contribution in [0.5, 0.6) is 0 Å². The van der Waals surface area contributed by atoms with E-state index in [9.17, 15) is 18.0 Å². The lowest BCUT2D eigenvalue weighted by Crippen LogP contribution is -2.31. The Bertz CT molecular complexity index is 426. The first kappa shape index (κ1) is 14.5. The van der Waals surface area contributed by atoms with Crippen molar-refractivity contribution in [2.24, 2.45) is 0 Å². The summed E-state index contributed by atoms with van der Waals surface area (Å²) in [5.41, 5.74) is -0.0565. The van der Waals surface area contributed by atoms with Crippen LogP contribution in [0, 0.1) is 5.82 Å². The summed E-state index contributed by atoms with van der Waals surface area (Å²) in [6.07, 6.45) is -4.72. The number of hydrogen-bond donors (Lipinski definition) is 3. The minimum atomic E-state index is -2.88. The molecule has 0 spiro atoms. The highest BCUT2D eigenvalue weighted by Gasteiger charge is 2.16. The number of rotatable bonds is 6. The van der Waals surface area contributed by atoms with Crippen LogP contribution in [0.2, 0.25) is 0 Å². The van der Waals surface area contributed by atoms with E-state index >= 15 is 0 Å². The summed E-state index contributed by atoms with van der Waals surface area (Å²) in [5.74, 6) is -1.84. The van der Waals surface area contributed by atoms with Crippen molar-refractivity contribution in [3.05, 3.63) is 35.1 Å². The smallest absolute Gasteiger partial charge is 0.335 e. The van der Waals surface area contributed by atoms with Crippen LogP contribution in [0.15, 0.2) is 18.2 Å². The van der Waals surface area contributed by atoms with Gasteiger partial charge in [0.05, 0.1) is 5.56 Å². The second-order valence-corrected chi connectivity index (χ2v) is 3.64. The van der Waals surface area contributed by atoms with Crippen molar-refractivity contribution in [3.63, 3.8) is 0 Å². The topological polar surface area (TPSA) is 69.6 Å². The molecule has 0 amide bonds. The number of aromatic carboxylic acids is 1. The van der Waals surface area contributed by atoms with Gasteiger partial charge in [-0.1, -0.05) is 0 Å². The quantitative estimate of drug-likeness (QED) is 0.722. The predicted octanol–water partition coefficient (Wildman–Crippen LogP) is 1.24. The number of carbonyl (C=O) groups is 1. The van der Waals surface area contributed by atoms with Gasteiger partial charge in [0.25, 0.3) is 6.43 Å². The third-order valence-electron chi connectivity index (χ3n) is 2.25. The monoisotopic (exact) mass is 263 g/mol. The van der Waals surface area contributed by atoms with Gasteiger partial charge in [-0.05, 0) is 18.2 Å². The van der Waals surface area contributed by atoms with Crippen LogP contribution in [0.25, 0.3) is 0 Å². The Kier molecular flexibility index (Phi) is 5.11. The molecule has 1 rings (SSSR count). The summed E-state index contributed by atoms with van der Waals surface area (Å²) >= 11 is 0. The first-order valence-corrected chi connectivity index (χ1v) is 5.10. The van der Waals surface area contributed by atoms with E-state index in [0.717, 1.165) is 18.2 Å². The number of alkyl halides is 2. The van der Waals surface area contributed by atoms with Gasteiger partial charge in [-0.3, -0.25) is 0 Å². The van der Waals surface area contributed by atoms with Crippen LogP contribution < -0.4 is 5.32 Å². The molecule has 1 aromatic carbocycles. The third-order valence-corrected chi connectivity index (χ3v) is 2.25. The van der Waals surface area contributed by atoms with Crippen molar-refractivity contribution >= 4 is 5.97 Å². The predicted molar refractivity (Wildman–Crippen MR) is 57.1 cm³/mol. The van der Waals surface area contributed by atoms with Gasteiger partial charge in [0.2, 0.25) is 0 Å². The van der Waals surface area contributed by atoms with Crippen molar-refractivity contribution in [2.45, 2.75) is 19.1 Å². The molecular weight excluding hydrogens is 251 g/mol. The van der Waals surface area contributed by atoms with Crippen LogP contribution in [0.1, 0.15) is 15.9 Å². The second-order valence-electron chi connectivity index (χ2n) is 3.64. The molecule has 0 aliphatic rings. The van der Waals surface area contributed by atoms with E-state index in [2.05, 4.69) is 5.32 Å². The molecule has 0 aliphatic heterocycles. The summed E-state index contributed by atoms with van der Waals surface area (Å²) in [4.78, 5) is 10.7. The summed E-state index contributed by atoms with van der Waals surface area (Å²) in [5, 5.41) is 19.9. The van der Waals surface area contributed by atoms with Crippen molar-refractivity contribution in [3.8, 4) is 0 Å². The SMILES string of the molecule is O=C(O)c1ccc(F)c(CNCC(O)C(F)F)c1. The van der Waals surface area contributed by atoms with Gasteiger partial charge < -0.3 is 15.5 Å². The van der Waals surface area contributed by atoms with Crippen LogP contribution in [-0.4, -0.2) is 35.3 Å². The Balaban J connectivity index is 2.61. The maximum absolute atomic E-state index is 13.3. The number of aliphatic hydroxyl groups is 1. The van der Waals surface area contributed by atoms with Gasteiger partial charge in [-0.2, -0.15) is 0 Å². The number of aliphatic hydroxyl groups excluding tert-OH is 1. The molecular formula is C11H12F3NO3. The number of carboxylic acid groups (broad SMARTS) is 1. The van der Waals surface area contributed by atoms with Crippen LogP contribution >= 0.6 is 0 Å². The molecule has 0 bridgehead atoms. The molecule has 0 heterocycles. The number of halogens is 3. The molecule has 0 fully saturated rings. The van der Waals surface area contributed by atoms with E-state index in [1.165, 1.54) is 0 Å². The molecule has 18 heavy (non-hydrogen) atoms. The average Bonchev–Trinajstić information content (AvgIpc) is 2.30. The zero-order valence-electron chi connectivity index (χ0n) is 9.24. The highest BCUT2D eigenvalue weighted by atomic mass is 19.3. The van der Waals surface area contributed by atoms with Gasteiger partial charge in [0.1, 0.15) is 11.9 Å². The summed E-state index contributed by atoms with van der Waals surface area (Å²) in [6, 6.07) is 3.21. The maximum atomic E-state index is 13.3. The normalized spacial score (nSPS) is 12.7. The molecule has 1 unspecified atom stereocenters. The Morgan fingerprint density at radius 3 is 2.61 bits per heavy atom. The first-order valence-electron chi connectivity index (χ1n) is 5.10. The van der Waals surface area contributed by atoms with Crippen LogP contribution in [0.3, 0.4) is 0 Å². The molecule has 4 nitrogen and oxygen atoms in total. The lowest BCUT2D eigenvalue weighted by Gasteiger charge is -2.11. The Morgan fingerprint density at radius 1 is 1.39 bits per heavy atom. The highest BCUT2D eigenvalue weighted by molar-refractivity contribution is 5.87. The van der Waals surface area contributed by atoms with Crippen molar-refractivity contribution in [2.75, 3.05) is 6.54 Å².